The van der Waals surface area contributed by atoms with Crippen molar-refractivity contribution in [3.05, 3.63) is 60.2 Å². The fourth-order valence-electron chi connectivity index (χ4n) is 1.92. The van der Waals surface area contributed by atoms with Crippen LogP contribution in [0.15, 0.2) is 54.6 Å². The lowest BCUT2D eigenvalue weighted by atomic mass is 10.0. The Bertz CT molecular complexity index is 514. The van der Waals surface area contributed by atoms with E-state index >= 15 is 0 Å². The lowest BCUT2D eigenvalue weighted by molar-refractivity contribution is 0.952. The summed E-state index contributed by atoms with van der Waals surface area (Å²) in [4.78, 5) is 0. The molecule has 0 saturated heterocycles. The third kappa shape index (κ3) is 3.10. The fraction of sp³-hybridized carbons (Fsp3) is 0.250. The summed E-state index contributed by atoms with van der Waals surface area (Å²) >= 11 is 6.39. The van der Waals surface area contributed by atoms with Gasteiger partial charge in [0, 0.05) is 0 Å². The van der Waals surface area contributed by atoms with E-state index in [-0.39, 0.29) is 5.38 Å². The van der Waals surface area contributed by atoms with Crippen molar-refractivity contribution in [3.63, 3.8) is 0 Å². The first-order valence-electron chi connectivity index (χ1n) is 6.09. The molecule has 0 saturated carbocycles. The highest BCUT2D eigenvalue weighted by Gasteiger charge is 2.06. The molecule has 0 heterocycles. The van der Waals surface area contributed by atoms with Gasteiger partial charge in [-0.25, -0.2) is 0 Å². The average molecular weight is 245 g/mol. The van der Waals surface area contributed by atoms with Gasteiger partial charge in [0.2, 0.25) is 0 Å². The summed E-state index contributed by atoms with van der Waals surface area (Å²) in [6.07, 6.45) is 6.29. The van der Waals surface area contributed by atoms with Gasteiger partial charge in [-0.2, -0.15) is 0 Å². The molecule has 0 N–H and O–H groups in total. The topological polar surface area (TPSA) is 0 Å². The van der Waals surface area contributed by atoms with Crippen molar-refractivity contribution >= 4 is 22.4 Å². The van der Waals surface area contributed by atoms with E-state index in [1.54, 1.807) is 0 Å². The van der Waals surface area contributed by atoms with Gasteiger partial charge in [0.05, 0.1) is 5.38 Å². The Balaban J connectivity index is 2.20. The molecule has 0 aliphatic carbocycles. The summed E-state index contributed by atoms with van der Waals surface area (Å²) in [5.74, 6) is 0. The van der Waals surface area contributed by atoms with Crippen LogP contribution >= 0.6 is 11.6 Å². The SMILES string of the molecule is CC/C=C/CC(Cl)c1ccc2ccccc2c1. The largest absolute Gasteiger partial charge is 0.117 e. The molecule has 2 rings (SSSR count). The minimum Gasteiger partial charge on any atom is -0.117 e. The van der Waals surface area contributed by atoms with Gasteiger partial charge >= 0.3 is 0 Å². The quantitative estimate of drug-likeness (QED) is 0.494. The van der Waals surface area contributed by atoms with Crippen LogP contribution in [0.4, 0.5) is 0 Å². The molecule has 0 radical (unpaired) electrons. The van der Waals surface area contributed by atoms with Crippen LogP contribution in [-0.2, 0) is 0 Å². The van der Waals surface area contributed by atoms with Crippen molar-refractivity contribution in [1.29, 1.82) is 0 Å². The predicted octanol–water partition coefficient (Wildman–Crippen LogP) is 5.48. The van der Waals surface area contributed by atoms with Crippen molar-refractivity contribution in [2.24, 2.45) is 0 Å². The zero-order valence-electron chi connectivity index (χ0n) is 10.1. The monoisotopic (exact) mass is 244 g/mol. The zero-order valence-corrected chi connectivity index (χ0v) is 10.8. The second kappa shape index (κ2) is 5.88. The normalized spacial score (nSPS) is 13.3. The van der Waals surface area contributed by atoms with Crippen LogP contribution in [0.1, 0.15) is 30.7 Å². The number of hydrogen-bond donors (Lipinski definition) is 0. The van der Waals surface area contributed by atoms with Crippen molar-refractivity contribution in [2.75, 3.05) is 0 Å². The van der Waals surface area contributed by atoms with Gasteiger partial charge < -0.3 is 0 Å². The number of halogens is 1. The van der Waals surface area contributed by atoms with Crippen LogP contribution in [0, 0.1) is 0 Å². The fourth-order valence-corrected chi connectivity index (χ4v) is 2.16. The van der Waals surface area contributed by atoms with Gasteiger partial charge in [-0.1, -0.05) is 55.5 Å². The molecular weight excluding hydrogens is 228 g/mol. The van der Waals surface area contributed by atoms with Crippen LogP contribution < -0.4 is 0 Å². The van der Waals surface area contributed by atoms with Gasteiger partial charge in [0.1, 0.15) is 0 Å². The van der Waals surface area contributed by atoms with Gasteiger partial charge in [-0.3, -0.25) is 0 Å². The van der Waals surface area contributed by atoms with Crippen molar-refractivity contribution in [1.82, 2.24) is 0 Å². The minimum absolute atomic E-state index is 0.0717. The highest BCUT2D eigenvalue weighted by Crippen LogP contribution is 2.27. The lowest BCUT2D eigenvalue weighted by Gasteiger charge is -2.08. The standard InChI is InChI=1S/C16H17Cl/c1-2-3-4-9-16(17)15-11-10-13-7-5-6-8-14(13)12-15/h3-8,10-12,16H,2,9H2,1H3/b4-3+. The first kappa shape index (κ1) is 12.2. The Hall–Kier alpha value is -1.27. The van der Waals surface area contributed by atoms with E-state index in [0.29, 0.717) is 0 Å². The number of alkyl halides is 1. The van der Waals surface area contributed by atoms with E-state index in [1.165, 1.54) is 16.3 Å². The van der Waals surface area contributed by atoms with Gasteiger partial charge in [0.15, 0.2) is 0 Å². The number of allylic oxidation sites excluding steroid dienone is 2. The molecule has 1 atom stereocenters. The number of benzene rings is 2. The Morgan fingerprint density at radius 1 is 1.06 bits per heavy atom. The molecule has 17 heavy (non-hydrogen) atoms. The van der Waals surface area contributed by atoms with Crippen LogP contribution in [0.5, 0.6) is 0 Å². The summed E-state index contributed by atoms with van der Waals surface area (Å²) in [5.41, 5.74) is 1.20. The number of hydrogen-bond acceptors (Lipinski definition) is 0. The van der Waals surface area contributed by atoms with E-state index in [9.17, 15) is 0 Å². The molecule has 0 bridgehead atoms. The van der Waals surface area contributed by atoms with Crippen LogP contribution in [0.2, 0.25) is 0 Å². The first-order chi connectivity index (χ1) is 8.31. The number of fused-ring (bicyclic) bond motifs is 1. The van der Waals surface area contributed by atoms with E-state index < -0.39 is 0 Å². The van der Waals surface area contributed by atoms with Crippen LogP contribution in [0.25, 0.3) is 10.8 Å². The van der Waals surface area contributed by atoms with E-state index in [2.05, 4.69) is 61.5 Å². The molecule has 0 spiro atoms. The third-order valence-corrected chi connectivity index (χ3v) is 3.31. The molecule has 0 aliphatic rings. The Kier molecular flexibility index (Phi) is 4.22. The summed E-state index contributed by atoms with van der Waals surface area (Å²) < 4.78 is 0. The van der Waals surface area contributed by atoms with E-state index in [4.69, 9.17) is 11.6 Å². The Morgan fingerprint density at radius 2 is 1.82 bits per heavy atom. The molecule has 1 heteroatoms. The molecule has 88 valence electrons. The maximum atomic E-state index is 6.39. The summed E-state index contributed by atoms with van der Waals surface area (Å²) in [6.45, 7) is 2.13. The molecule has 2 aromatic carbocycles. The highest BCUT2D eigenvalue weighted by molar-refractivity contribution is 6.21. The van der Waals surface area contributed by atoms with E-state index in [0.717, 1.165) is 12.8 Å². The predicted molar refractivity (Wildman–Crippen MR) is 76.6 cm³/mol. The molecule has 0 fully saturated rings. The maximum absolute atomic E-state index is 6.39. The smallest absolute Gasteiger partial charge is 0.0619 e. The molecular formula is C16H17Cl. The number of rotatable bonds is 4. The van der Waals surface area contributed by atoms with E-state index in [1.807, 2.05) is 0 Å². The van der Waals surface area contributed by atoms with Crippen LogP contribution in [-0.4, -0.2) is 0 Å². The summed E-state index contributed by atoms with van der Waals surface area (Å²) in [7, 11) is 0. The highest BCUT2D eigenvalue weighted by atomic mass is 35.5. The van der Waals surface area contributed by atoms with Crippen molar-refractivity contribution in [3.8, 4) is 0 Å². The van der Waals surface area contributed by atoms with Crippen LogP contribution in [0.3, 0.4) is 0 Å². The van der Waals surface area contributed by atoms with Crippen molar-refractivity contribution < 1.29 is 0 Å². The average Bonchev–Trinajstić information content (AvgIpc) is 2.38. The molecule has 2 aromatic rings. The second-order valence-corrected chi connectivity index (χ2v) is 4.72. The summed E-state index contributed by atoms with van der Waals surface area (Å²) in [6, 6.07) is 14.8. The molecule has 0 amide bonds. The molecule has 0 aromatic heterocycles. The van der Waals surface area contributed by atoms with Gasteiger partial charge in [-0.05, 0) is 35.2 Å². The van der Waals surface area contributed by atoms with Gasteiger partial charge in [0.25, 0.3) is 0 Å². The Labute approximate surface area is 108 Å². The third-order valence-electron chi connectivity index (χ3n) is 2.88. The maximum Gasteiger partial charge on any atom is 0.0619 e. The van der Waals surface area contributed by atoms with Crippen molar-refractivity contribution in [2.45, 2.75) is 25.1 Å². The molecule has 1 unspecified atom stereocenters. The second-order valence-electron chi connectivity index (χ2n) is 4.19. The first-order valence-corrected chi connectivity index (χ1v) is 6.52. The lowest BCUT2D eigenvalue weighted by Crippen LogP contribution is -1.88. The molecule has 0 aliphatic heterocycles. The Morgan fingerprint density at radius 3 is 2.59 bits per heavy atom. The van der Waals surface area contributed by atoms with Gasteiger partial charge in [-0.15, -0.1) is 11.6 Å². The minimum atomic E-state index is 0.0717. The molecule has 0 nitrogen and oxygen atoms in total. The summed E-state index contributed by atoms with van der Waals surface area (Å²) in [5, 5.41) is 2.60. The zero-order chi connectivity index (χ0) is 12.1.